The van der Waals surface area contributed by atoms with Gasteiger partial charge in [0.2, 0.25) is 13.2 Å². The van der Waals surface area contributed by atoms with Crippen molar-refractivity contribution in [1.82, 2.24) is 0 Å². The fourth-order valence-corrected chi connectivity index (χ4v) is 1.93. The van der Waals surface area contributed by atoms with E-state index >= 15 is 0 Å². The van der Waals surface area contributed by atoms with Gasteiger partial charge in [0.1, 0.15) is 5.75 Å². The molecule has 0 saturated heterocycles. The summed E-state index contributed by atoms with van der Waals surface area (Å²) in [5.41, 5.74) is 0.101. The minimum atomic E-state index is -2.81. The zero-order valence-electron chi connectivity index (χ0n) is 10.1. The summed E-state index contributed by atoms with van der Waals surface area (Å²) < 4.78 is 41.3. The predicted molar refractivity (Wildman–Crippen MR) is 60.1 cm³/mol. The summed E-state index contributed by atoms with van der Waals surface area (Å²) in [4.78, 5) is 10.7. The van der Waals surface area contributed by atoms with Gasteiger partial charge in [-0.05, 0) is 6.07 Å². The summed E-state index contributed by atoms with van der Waals surface area (Å²) >= 11 is 0. The molecule has 1 heterocycles. The van der Waals surface area contributed by atoms with E-state index in [0.717, 1.165) is 0 Å². The van der Waals surface area contributed by atoms with E-state index in [1.807, 2.05) is 0 Å². The second-order valence-electron chi connectivity index (χ2n) is 3.99. The molecular weight excluding hydrogens is 262 g/mol. The number of fused-ring (bicyclic) bond motifs is 1. The molecule has 7 heteroatoms. The van der Waals surface area contributed by atoms with Crippen molar-refractivity contribution in [2.75, 3.05) is 13.9 Å². The number of ether oxygens (including phenoxy) is 3. The highest BCUT2D eigenvalue weighted by Crippen LogP contribution is 2.43. The van der Waals surface area contributed by atoms with Crippen molar-refractivity contribution in [2.24, 2.45) is 0 Å². The third kappa shape index (κ3) is 2.69. The molecule has 2 rings (SSSR count). The van der Waals surface area contributed by atoms with E-state index in [1.54, 1.807) is 0 Å². The van der Waals surface area contributed by atoms with Gasteiger partial charge in [-0.25, -0.2) is 8.78 Å². The first-order valence-electron chi connectivity index (χ1n) is 5.50. The van der Waals surface area contributed by atoms with Gasteiger partial charge in [0, 0.05) is 11.6 Å². The molecule has 0 radical (unpaired) electrons. The van der Waals surface area contributed by atoms with Gasteiger partial charge >= 0.3 is 5.97 Å². The maximum absolute atomic E-state index is 13.0. The van der Waals surface area contributed by atoms with Crippen LogP contribution in [0.2, 0.25) is 0 Å². The van der Waals surface area contributed by atoms with Crippen LogP contribution in [0.15, 0.2) is 12.1 Å². The van der Waals surface area contributed by atoms with Crippen LogP contribution in [0.4, 0.5) is 8.78 Å². The highest BCUT2D eigenvalue weighted by atomic mass is 19.3. The number of methoxy groups -OCH3 is 1. The third-order valence-corrected chi connectivity index (χ3v) is 2.82. The Morgan fingerprint density at radius 2 is 2.05 bits per heavy atom. The van der Waals surface area contributed by atoms with Crippen LogP contribution < -0.4 is 14.2 Å². The maximum Gasteiger partial charge on any atom is 0.304 e. The molecule has 1 aromatic rings. The standard InChI is InChI=1S/C12H12F2O5/c1-17-8-4-10-9(18-5-19-10)2-6(8)7(12(13)14)3-11(15)16/h2,4,7,12H,3,5H2,1H3,(H,15,16). The normalized spacial score (nSPS) is 14.5. The first kappa shape index (κ1) is 13.4. The number of alkyl halides is 2. The number of rotatable bonds is 5. The summed E-state index contributed by atoms with van der Waals surface area (Å²) in [6.07, 6.45) is -3.50. The van der Waals surface area contributed by atoms with Crippen molar-refractivity contribution in [2.45, 2.75) is 18.8 Å². The number of hydrogen-bond acceptors (Lipinski definition) is 4. The molecule has 104 valence electrons. The van der Waals surface area contributed by atoms with Crippen LogP contribution in [0.5, 0.6) is 17.2 Å². The summed E-state index contributed by atoms with van der Waals surface area (Å²) in [7, 11) is 1.32. The second-order valence-corrected chi connectivity index (χ2v) is 3.99. The number of carboxylic acid groups (broad SMARTS) is 1. The highest BCUT2D eigenvalue weighted by Gasteiger charge is 2.30. The van der Waals surface area contributed by atoms with E-state index < -0.39 is 24.7 Å². The van der Waals surface area contributed by atoms with Gasteiger partial charge < -0.3 is 19.3 Å². The molecule has 1 unspecified atom stereocenters. The van der Waals surface area contributed by atoms with E-state index in [9.17, 15) is 13.6 Å². The van der Waals surface area contributed by atoms with Crippen molar-refractivity contribution in [1.29, 1.82) is 0 Å². The summed E-state index contributed by atoms with van der Waals surface area (Å²) in [5, 5.41) is 8.72. The Labute approximate surface area is 107 Å². The smallest absolute Gasteiger partial charge is 0.304 e. The Bertz CT molecular complexity index is 489. The molecule has 1 atom stereocenters. The first-order chi connectivity index (χ1) is 9.02. The lowest BCUT2D eigenvalue weighted by atomic mass is 9.94. The molecule has 0 bridgehead atoms. The van der Waals surface area contributed by atoms with Crippen molar-refractivity contribution in [3.05, 3.63) is 17.7 Å². The lowest BCUT2D eigenvalue weighted by molar-refractivity contribution is -0.138. The zero-order chi connectivity index (χ0) is 14.0. The Morgan fingerprint density at radius 1 is 1.42 bits per heavy atom. The van der Waals surface area contributed by atoms with Gasteiger partial charge in [0.25, 0.3) is 0 Å². The molecule has 1 aromatic carbocycles. The molecule has 0 aliphatic carbocycles. The predicted octanol–water partition coefficient (Wildman–Crippen LogP) is 2.25. The molecular formula is C12H12F2O5. The second kappa shape index (κ2) is 5.29. The van der Waals surface area contributed by atoms with Crippen LogP contribution in [-0.2, 0) is 4.79 Å². The maximum atomic E-state index is 13.0. The topological polar surface area (TPSA) is 65.0 Å². The Kier molecular flexibility index (Phi) is 3.73. The minimum Gasteiger partial charge on any atom is -0.496 e. The van der Waals surface area contributed by atoms with Crippen molar-refractivity contribution in [3.8, 4) is 17.2 Å². The number of hydrogen-bond donors (Lipinski definition) is 1. The SMILES string of the molecule is COc1cc2c(cc1C(CC(=O)O)C(F)F)OCO2. The van der Waals surface area contributed by atoms with Gasteiger partial charge in [0.15, 0.2) is 11.5 Å². The molecule has 5 nitrogen and oxygen atoms in total. The molecule has 0 fully saturated rings. The van der Waals surface area contributed by atoms with E-state index in [1.165, 1.54) is 19.2 Å². The first-order valence-corrected chi connectivity index (χ1v) is 5.50. The Balaban J connectivity index is 2.43. The molecule has 0 amide bonds. The number of carboxylic acids is 1. The summed E-state index contributed by atoms with van der Waals surface area (Å²) in [5.74, 6) is -1.89. The number of halogens is 2. The lowest BCUT2D eigenvalue weighted by Gasteiger charge is -2.18. The van der Waals surface area contributed by atoms with Crippen LogP contribution in [0.1, 0.15) is 17.9 Å². The van der Waals surface area contributed by atoms with Gasteiger partial charge in [-0.2, -0.15) is 0 Å². The zero-order valence-corrected chi connectivity index (χ0v) is 10.1. The van der Waals surface area contributed by atoms with Gasteiger partial charge in [-0.1, -0.05) is 0 Å². The Hall–Kier alpha value is -2.05. The number of carbonyl (C=O) groups is 1. The van der Waals surface area contributed by atoms with Crippen molar-refractivity contribution in [3.63, 3.8) is 0 Å². The summed E-state index contributed by atoms with van der Waals surface area (Å²) in [6.45, 7) is 0.000215. The van der Waals surface area contributed by atoms with Gasteiger partial charge in [-0.15, -0.1) is 0 Å². The van der Waals surface area contributed by atoms with Crippen LogP contribution in [-0.4, -0.2) is 31.4 Å². The third-order valence-electron chi connectivity index (χ3n) is 2.82. The average molecular weight is 274 g/mol. The molecule has 0 spiro atoms. The molecule has 0 saturated carbocycles. The number of aliphatic carboxylic acids is 1. The summed E-state index contributed by atoms with van der Waals surface area (Å²) in [6, 6.07) is 2.77. The lowest BCUT2D eigenvalue weighted by Crippen LogP contribution is -2.15. The largest absolute Gasteiger partial charge is 0.496 e. The average Bonchev–Trinajstić information content (AvgIpc) is 2.80. The van der Waals surface area contributed by atoms with E-state index in [4.69, 9.17) is 19.3 Å². The van der Waals surface area contributed by atoms with E-state index in [2.05, 4.69) is 0 Å². The Morgan fingerprint density at radius 3 is 2.58 bits per heavy atom. The van der Waals surface area contributed by atoms with E-state index in [-0.39, 0.29) is 18.1 Å². The molecule has 0 aromatic heterocycles. The minimum absolute atomic E-state index is 0.000215. The fraction of sp³-hybridized carbons (Fsp3) is 0.417. The van der Waals surface area contributed by atoms with E-state index in [0.29, 0.717) is 11.5 Å². The van der Waals surface area contributed by atoms with Crippen LogP contribution in [0.3, 0.4) is 0 Å². The van der Waals surface area contributed by atoms with Crippen molar-refractivity contribution < 1.29 is 32.9 Å². The van der Waals surface area contributed by atoms with Crippen molar-refractivity contribution >= 4 is 5.97 Å². The number of benzene rings is 1. The molecule has 1 aliphatic rings. The molecule has 1 aliphatic heterocycles. The quantitative estimate of drug-likeness (QED) is 0.892. The van der Waals surface area contributed by atoms with Crippen LogP contribution in [0, 0.1) is 0 Å². The van der Waals surface area contributed by atoms with Crippen LogP contribution >= 0.6 is 0 Å². The fourth-order valence-electron chi connectivity index (χ4n) is 1.93. The van der Waals surface area contributed by atoms with Gasteiger partial charge in [0.05, 0.1) is 19.4 Å². The highest BCUT2D eigenvalue weighted by molar-refractivity contribution is 5.69. The van der Waals surface area contributed by atoms with Gasteiger partial charge in [-0.3, -0.25) is 4.79 Å². The monoisotopic (exact) mass is 274 g/mol. The molecule has 19 heavy (non-hydrogen) atoms. The van der Waals surface area contributed by atoms with Crippen LogP contribution in [0.25, 0.3) is 0 Å². The molecule has 1 N–H and O–H groups in total.